The zero-order valence-electron chi connectivity index (χ0n) is 17.5. The normalized spacial score (nSPS) is 14.9. The first kappa shape index (κ1) is 20.4. The third-order valence-corrected chi connectivity index (χ3v) is 5.87. The third kappa shape index (κ3) is 4.02. The second kappa shape index (κ2) is 8.22. The Bertz CT molecular complexity index is 1280. The monoisotopic (exact) mass is 438 g/mol. The number of benzene rings is 1. The van der Waals surface area contributed by atoms with Crippen LogP contribution in [-0.2, 0) is 6.42 Å². The van der Waals surface area contributed by atoms with Crippen LogP contribution >= 0.6 is 0 Å². The van der Waals surface area contributed by atoms with Crippen LogP contribution in [0.5, 0.6) is 0 Å². The van der Waals surface area contributed by atoms with Crippen LogP contribution in [0.25, 0.3) is 16.8 Å². The standard InChI is InChI=1S/C23H21F3N6/c1-14-8-22(28-13-27-14)31-6-4-15(5-7-31)9-21-29-23-18(11-17(24)12-32(23)30-21)16-2-3-19(25)20(26)10-16/h2-3,8,10-13,15H,4-7,9H2,1H3. The number of anilines is 1. The highest BCUT2D eigenvalue weighted by molar-refractivity contribution is 5.77. The van der Waals surface area contributed by atoms with Crippen molar-refractivity contribution in [3.8, 4) is 11.1 Å². The lowest BCUT2D eigenvalue weighted by Crippen LogP contribution is -2.35. The van der Waals surface area contributed by atoms with Crippen LogP contribution in [0, 0.1) is 30.3 Å². The molecule has 0 bridgehead atoms. The summed E-state index contributed by atoms with van der Waals surface area (Å²) in [7, 11) is 0. The van der Waals surface area contributed by atoms with Gasteiger partial charge in [-0.15, -0.1) is 0 Å². The van der Waals surface area contributed by atoms with Gasteiger partial charge in [-0.25, -0.2) is 32.6 Å². The van der Waals surface area contributed by atoms with E-state index in [1.807, 2.05) is 13.0 Å². The molecule has 0 atom stereocenters. The molecule has 0 unspecified atom stereocenters. The molecule has 1 aliphatic rings. The number of fused-ring (bicyclic) bond motifs is 1. The highest BCUT2D eigenvalue weighted by atomic mass is 19.2. The summed E-state index contributed by atoms with van der Waals surface area (Å²) in [6.07, 6.45) is 5.42. The van der Waals surface area contributed by atoms with Crippen molar-refractivity contribution >= 4 is 11.5 Å². The minimum Gasteiger partial charge on any atom is -0.356 e. The van der Waals surface area contributed by atoms with Gasteiger partial charge in [0.15, 0.2) is 23.1 Å². The quantitative estimate of drug-likeness (QED) is 0.474. The molecule has 0 radical (unpaired) electrons. The van der Waals surface area contributed by atoms with Gasteiger partial charge < -0.3 is 4.90 Å². The van der Waals surface area contributed by atoms with Crippen LogP contribution in [0.3, 0.4) is 0 Å². The van der Waals surface area contributed by atoms with E-state index >= 15 is 0 Å². The molecule has 32 heavy (non-hydrogen) atoms. The summed E-state index contributed by atoms with van der Waals surface area (Å²) in [5.74, 6) is -0.531. The van der Waals surface area contributed by atoms with E-state index in [2.05, 4.69) is 25.0 Å². The van der Waals surface area contributed by atoms with Crippen LogP contribution in [0.15, 0.2) is 42.9 Å². The fourth-order valence-corrected chi connectivity index (χ4v) is 4.20. The Kier molecular flexibility index (Phi) is 5.24. The average Bonchev–Trinajstić information content (AvgIpc) is 3.17. The maximum Gasteiger partial charge on any atom is 0.163 e. The van der Waals surface area contributed by atoms with Crippen molar-refractivity contribution in [2.75, 3.05) is 18.0 Å². The molecule has 0 amide bonds. The summed E-state index contributed by atoms with van der Waals surface area (Å²) in [6.45, 7) is 3.71. The lowest BCUT2D eigenvalue weighted by Gasteiger charge is -2.32. The maximum atomic E-state index is 14.2. The van der Waals surface area contributed by atoms with E-state index in [9.17, 15) is 13.2 Å². The maximum absolute atomic E-state index is 14.2. The fraction of sp³-hybridized carbons (Fsp3) is 0.304. The molecule has 1 fully saturated rings. The lowest BCUT2D eigenvalue weighted by atomic mass is 9.93. The van der Waals surface area contributed by atoms with Crippen LogP contribution in [-0.4, -0.2) is 37.7 Å². The first-order valence-corrected chi connectivity index (χ1v) is 10.5. The van der Waals surface area contributed by atoms with E-state index in [0.29, 0.717) is 34.9 Å². The Morgan fingerprint density at radius 3 is 2.56 bits per heavy atom. The van der Waals surface area contributed by atoms with Gasteiger partial charge in [0.2, 0.25) is 0 Å². The number of aryl methyl sites for hydroxylation is 1. The number of piperidine rings is 1. The van der Waals surface area contributed by atoms with Crippen molar-refractivity contribution in [1.82, 2.24) is 24.6 Å². The summed E-state index contributed by atoms with van der Waals surface area (Å²) >= 11 is 0. The topological polar surface area (TPSA) is 59.2 Å². The van der Waals surface area contributed by atoms with Gasteiger partial charge in [-0.05, 0) is 49.4 Å². The van der Waals surface area contributed by atoms with E-state index in [1.54, 1.807) is 6.33 Å². The van der Waals surface area contributed by atoms with Crippen molar-refractivity contribution in [3.05, 3.63) is 71.8 Å². The Hall–Kier alpha value is -3.49. The molecule has 5 rings (SSSR count). The summed E-state index contributed by atoms with van der Waals surface area (Å²) < 4.78 is 42.6. The van der Waals surface area contributed by atoms with Gasteiger partial charge >= 0.3 is 0 Å². The summed E-state index contributed by atoms with van der Waals surface area (Å²) in [4.78, 5) is 15.4. The molecule has 0 N–H and O–H groups in total. The van der Waals surface area contributed by atoms with Crippen LogP contribution in [0.2, 0.25) is 0 Å². The Balaban J connectivity index is 1.35. The van der Waals surface area contributed by atoms with Gasteiger partial charge in [-0.1, -0.05) is 6.07 Å². The highest BCUT2D eigenvalue weighted by Crippen LogP contribution is 2.28. The van der Waals surface area contributed by atoms with Crippen molar-refractivity contribution in [3.63, 3.8) is 0 Å². The minimum absolute atomic E-state index is 0.348. The second-order valence-corrected chi connectivity index (χ2v) is 8.15. The predicted molar refractivity (Wildman–Crippen MR) is 114 cm³/mol. The van der Waals surface area contributed by atoms with Crippen LogP contribution in [0.4, 0.5) is 19.0 Å². The zero-order chi connectivity index (χ0) is 22.2. The zero-order valence-corrected chi connectivity index (χ0v) is 17.5. The van der Waals surface area contributed by atoms with E-state index < -0.39 is 17.5 Å². The summed E-state index contributed by atoms with van der Waals surface area (Å²) in [6, 6.07) is 6.73. The molecule has 1 aliphatic heterocycles. The molecule has 9 heteroatoms. The predicted octanol–water partition coefficient (Wildman–Crippen LogP) is 4.37. The molecule has 0 saturated carbocycles. The fourth-order valence-electron chi connectivity index (χ4n) is 4.20. The molecule has 0 spiro atoms. The SMILES string of the molecule is Cc1cc(N2CCC(Cc3nc4c(-c5ccc(F)c(F)c5)cc(F)cn4n3)CC2)ncn1. The number of hydrogen-bond acceptors (Lipinski definition) is 5. The number of rotatable bonds is 4. The Labute approximate surface area is 182 Å². The molecule has 0 aliphatic carbocycles. The number of halogens is 3. The van der Waals surface area contributed by atoms with Crippen molar-refractivity contribution in [1.29, 1.82) is 0 Å². The van der Waals surface area contributed by atoms with E-state index in [4.69, 9.17) is 0 Å². The first-order chi connectivity index (χ1) is 15.5. The van der Waals surface area contributed by atoms with Crippen molar-refractivity contribution in [2.24, 2.45) is 5.92 Å². The Morgan fingerprint density at radius 2 is 1.81 bits per heavy atom. The lowest BCUT2D eigenvalue weighted by molar-refractivity contribution is 0.395. The molecule has 164 valence electrons. The smallest absolute Gasteiger partial charge is 0.163 e. The number of pyridine rings is 1. The molecule has 4 heterocycles. The molecule has 6 nitrogen and oxygen atoms in total. The number of hydrogen-bond donors (Lipinski definition) is 0. The van der Waals surface area contributed by atoms with Gasteiger partial charge in [0.1, 0.15) is 18.0 Å². The number of nitrogens with zero attached hydrogens (tertiary/aromatic N) is 6. The van der Waals surface area contributed by atoms with Crippen molar-refractivity contribution in [2.45, 2.75) is 26.2 Å². The molecule has 4 aromatic rings. The minimum atomic E-state index is -0.990. The summed E-state index contributed by atoms with van der Waals surface area (Å²) in [5.41, 5.74) is 2.08. The van der Waals surface area contributed by atoms with Crippen LogP contribution in [0.1, 0.15) is 24.4 Å². The average molecular weight is 438 g/mol. The third-order valence-electron chi connectivity index (χ3n) is 5.87. The van der Waals surface area contributed by atoms with Gasteiger partial charge in [0.05, 0.1) is 6.20 Å². The largest absolute Gasteiger partial charge is 0.356 e. The molecule has 3 aromatic heterocycles. The Morgan fingerprint density at radius 1 is 1.00 bits per heavy atom. The van der Waals surface area contributed by atoms with Crippen molar-refractivity contribution < 1.29 is 13.2 Å². The van der Waals surface area contributed by atoms with Gasteiger partial charge in [-0.2, -0.15) is 5.10 Å². The van der Waals surface area contributed by atoms with E-state index in [-0.39, 0.29) is 0 Å². The van der Waals surface area contributed by atoms with Gasteiger partial charge in [-0.3, -0.25) is 0 Å². The molecule has 1 saturated heterocycles. The second-order valence-electron chi connectivity index (χ2n) is 8.15. The van der Waals surface area contributed by atoms with Crippen LogP contribution < -0.4 is 4.90 Å². The highest BCUT2D eigenvalue weighted by Gasteiger charge is 2.23. The summed E-state index contributed by atoms with van der Waals surface area (Å²) in [5, 5.41) is 4.45. The molecular formula is C23H21F3N6. The van der Waals surface area contributed by atoms with Gasteiger partial charge in [0.25, 0.3) is 0 Å². The van der Waals surface area contributed by atoms with Gasteiger partial charge in [0, 0.05) is 36.8 Å². The first-order valence-electron chi connectivity index (χ1n) is 10.5. The number of aromatic nitrogens is 5. The molecule has 1 aromatic carbocycles. The van der Waals surface area contributed by atoms with E-state index in [0.717, 1.165) is 49.6 Å². The van der Waals surface area contributed by atoms with E-state index in [1.165, 1.54) is 22.8 Å². The molecular weight excluding hydrogens is 417 g/mol.